The highest BCUT2D eigenvalue weighted by Crippen LogP contribution is 2.55. The molecule has 1 heteroatoms. The Labute approximate surface area is 114 Å². The van der Waals surface area contributed by atoms with Gasteiger partial charge in [0, 0.05) is 6.04 Å². The Morgan fingerprint density at radius 1 is 0.889 bits per heavy atom. The van der Waals surface area contributed by atoms with Gasteiger partial charge in [-0.3, -0.25) is 0 Å². The van der Waals surface area contributed by atoms with Crippen LogP contribution >= 0.6 is 0 Å². The van der Waals surface area contributed by atoms with Crippen molar-refractivity contribution >= 4 is 0 Å². The van der Waals surface area contributed by atoms with Crippen LogP contribution in [0.5, 0.6) is 0 Å². The first-order chi connectivity index (χ1) is 8.85. The fourth-order valence-corrected chi connectivity index (χ4v) is 4.00. The lowest BCUT2D eigenvalue weighted by molar-refractivity contribution is 0.314. The Bertz CT molecular complexity index is 216. The molecular weight excluding hydrogens is 218 g/mol. The zero-order valence-corrected chi connectivity index (χ0v) is 12.6. The zero-order valence-electron chi connectivity index (χ0n) is 12.6. The van der Waals surface area contributed by atoms with Gasteiger partial charge in [-0.1, -0.05) is 52.4 Å². The predicted octanol–water partition coefficient (Wildman–Crippen LogP) is 4.76. The molecule has 0 aromatic rings. The maximum Gasteiger partial charge on any atom is 0.00954 e. The van der Waals surface area contributed by atoms with Gasteiger partial charge in [0.25, 0.3) is 0 Å². The average molecular weight is 251 g/mol. The number of rotatable bonds is 10. The molecule has 2 saturated carbocycles. The molecule has 0 radical (unpaired) electrons. The Hall–Kier alpha value is -0.0400. The van der Waals surface area contributed by atoms with Gasteiger partial charge >= 0.3 is 0 Å². The van der Waals surface area contributed by atoms with Crippen LogP contribution in [0.15, 0.2) is 0 Å². The quantitative estimate of drug-likeness (QED) is 0.552. The Kier molecular flexibility index (Phi) is 6.01. The van der Waals surface area contributed by atoms with E-state index in [2.05, 4.69) is 19.2 Å². The van der Waals surface area contributed by atoms with E-state index in [-0.39, 0.29) is 0 Å². The van der Waals surface area contributed by atoms with E-state index in [0.717, 1.165) is 30.3 Å². The van der Waals surface area contributed by atoms with Crippen molar-refractivity contribution in [2.24, 2.45) is 17.8 Å². The van der Waals surface area contributed by atoms with Crippen LogP contribution in [0.2, 0.25) is 0 Å². The van der Waals surface area contributed by atoms with Crippen LogP contribution in [-0.2, 0) is 0 Å². The van der Waals surface area contributed by atoms with E-state index >= 15 is 0 Å². The molecule has 0 spiro atoms. The Morgan fingerprint density at radius 3 is 2.22 bits per heavy atom. The second-order valence-corrected chi connectivity index (χ2v) is 6.71. The van der Waals surface area contributed by atoms with E-state index in [0.29, 0.717) is 0 Å². The monoisotopic (exact) mass is 251 g/mol. The molecule has 0 aromatic heterocycles. The average Bonchev–Trinajstić information content (AvgIpc) is 2.99. The zero-order chi connectivity index (χ0) is 12.8. The second-order valence-electron chi connectivity index (χ2n) is 6.71. The van der Waals surface area contributed by atoms with Gasteiger partial charge < -0.3 is 5.32 Å². The topological polar surface area (TPSA) is 12.0 Å². The summed E-state index contributed by atoms with van der Waals surface area (Å²) in [7, 11) is 0. The first-order valence-corrected chi connectivity index (χ1v) is 8.58. The number of hydrogen-bond donors (Lipinski definition) is 1. The highest BCUT2D eigenvalue weighted by atomic mass is 14.9. The van der Waals surface area contributed by atoms with Crippen molar-refractivity contribution in [1.82, 2.24) is 5.32 Å². The van der Waals surface area contributed by atoms with Gasteiger partial charge in [0.1, 0.15) is 0 Å². The summed E-state index contributed by atoms with van der Waals surface area (Å²) in [6.45, 7) is 5.73. The summed E-state index contributed by atoms with van der Waals surface area (Å²) >= 11 is 0. The minimum Gasteiger partial charge on any atom is -0.314 e. The van der Waals surface area contributed by atoms with E-state index in [4.69, 9.17) is 0 Å². The van der Waals surface area contributed by atoms with Crippen molar-refractivity contribution in [2.75, 3.05) is 6.54 Å². The van der Waals surface area contributed by atoms with Gasteiger partial charge in [0.05, 0.1) is 0 Å². The minimum atomic E-state index is 0.842. The highest BCUT2D eigenvalue weighted by molar-refractivity contribution is 4.99. The molecule has 1 nitrogen and oxygen atoms in total. The second kappa shape index (κ2) is 7.53. The third-order valence-corrected chi connectivity index (χ3v) is 5.18. The van der Waals surface area contributed by atoms with Crippen LogP contribution in [-0.4, -0.2) is 12.6 Å². The van der Waals surface area contributed by atoms with Crippen molar-refractivity contribution < 1.29 is 0 Å². The molecule has 1 N–H and O–H groups in total. The fourth-order valence-electron chi connectivity index (χ4n) is 4.00. The van der Waals surface area contributed by atoms with Gasteiger partial charge in [-0.05, 0) is 50.0 Å². The van der Waals surface area contributed by atoms with Crippen LogP contribution < -0.4 is 5.32 Å². The number of hydrogen-bond acceptors (Lipinski definition) is 1. The third-order valence-electron chi connectivity index (χ3n) is 5.18. The number of nitrogens with one attached hydrogen (secondary N) is 1. The molecule has 2 aliphatic carbocycles. The standard InChI is InChI=1S/C17H33N/c1-3-5-6-7-8-9-10-17(18-4-2)16-12-14-11-15(14)13-16/h14-18H,3-13H2,1-2H3. The molecule has 2 fully saturated rings. The summed E-state index contributed by atoms with van der Waals surface area (Å²) < 4.78 is 0. The van der Waals surface area contributed by atoms with Crippen molar-refractivity contribution in [2.45, 2.75) is 84.1 Å². The summed E-state index contributed by atoms with van der Waals surface area (Å²) in [6.07, 6.45) is 14.7. The smallest absolute Gasteiger partial charge is 0.00954 e. The lowest BCUT2D eigenvalue weighted by Crippen LogP contribution is -2.35. The van der Waals surface area contributed by atoms with Gasteiger partial charge in [-0.25, -0.2) is 0 Å². The van der Waals surface area contributed by atoms with E-state index < -0.39 is 0 Å². The number of unbranched alkanes of at least 4 members (excludes halogenated alkanes) is 5. The van der Waals surface area contributed by atoms with Crippen LogP contribution in [0, 0.1) is 17.8 Å². The van der Waals surface area contributed by atoms with Gasteiger partial charge in [0.15, 0.2) is 0 Å². The number of fused-ring (bicyclic) bond motifs is 1. The normalized spacial score (nSPS) is 31.3. The lowest BCUT2D eigenvalue weighted by atomic mass is 9.90. The Morgan fingerprint density at radius 2 is 1.56 bits per heavy atom. The van der Waals surface area contributed by atoms with Crippen LogP contribution in [0.25, 0.3) is 0 Å². The molecule has 0 saturated heterocycles. The molecule has 18 heavy (non-hydrogen) atoms. The molecule has 0 aromatic carbocycles. The first kappa shape index (κ1) is 14.4. The summed E-state index contributed by atoms with van der Waals surface area (Å²) in [4.78, 5) is 0. The van der Waals surface area contributed by atoms with Crippen LogP contribution in [0.3, 0.4) is 0 Å². The minimum absolute atomic E-state index is 0.842. The van der Waals surface area contributed by atoms with Crippen molar-refractivity contribution in [1.29, 1.82) is 0 Å². The van der Waals surface area contributed by atoms with E-state index in [1.807, 2.05) is 0 Å². The largest absolute Gasteiger partial charge is 0.314 e. The first-order valence-electron chi connectivity index (χ1n) is 8.58. The molecule has 0 bridgehead atoms. The fraction of sp³-hybridized carbons (Fsp3) is 1.00. The SMILES string of the molecule is CCCCCCCCC(NCC)C1CC2CC2C1. The van der Waals surface area contributed by atoms with E-state index in [1.165, 1.54) is 57.8 Å². The maximum atomic E-state index is 3.77. The van der Waals surface area contributed by atoms with E-state index in [1.54, 1.807) is 6.42 Å². The van der Waals surface area contributed by atoms with E-state index in [9.17, 15) is 0 Å². The highest BCUT2D eigenvalue weighted by Gasteiger charge is 2.47. The third kappa shape index (κ3) is 4.26. The summed E-state index contributed by atoms with van der Waals surface area (Å²) in [5.41, 5.74) is 0. The van der Waals surface area contributed by atoms with Crippen molar-refractivity contribution in [3.05, 3.63) is 0 Å². The molecule has 3 atom stereocenters. The summed E-state index contributed by atoms with van der Waals surface area (Å²) in [6, 6.07) is 0.842. The van der Waals surface area contributed by atoms with Crippen LogP contribution in [0.1, 0.15) is 78.1 Å². The molecule has 0 aliphatic heterocycles. The predicted molar refractivity (Wildman–Crippen MR) is 79.8 cm³/mol. The van der Waals surface area contributed by atoms with Gasteiger partial charge in [0.2, 0.25) is 0 Å². The summed E-state index contributed by atoms with van der Waals surface area (Å²) in [5, 5.41) is 3.77. The maximum absolute atomic E-state index is 3.77. The molecule has 3 unspecified atom stereocenters. The molecule has 2 aliphatic rings. The molecule has 0 heterocycles. The lowest BCUT2D eigenvalue weighted by Gasteiger charge is -2.25. The Balaban J connectivity index is 1.57. The van der Waals surface area contributed by atoms with Gasteiger partial charge in [-0.2, -0.15) is 0 Å². The summed E-state index contributed by atoms with van der Waals surface area (Å²) in [5.74, 6) is 3.30. The van der Waals surface area contributed by atoms with Crippen molar-refractivity contribution in [3.8, 4) is 0 Å². The van der Waals surface area contributed by atoms with Crippen molar-refractivity contribution in [3.63, 3.8) is 0 Å². The molecular formula is C17H33N. The molecule has 2 rings (SSSR count). The van der Waals surface area contributed by atoms with Gasteiger partial charge in [-0.15, -0.1) is 0 Å². The van der Waals surface area contributed by atoms with Crippen LogP contribution in [0.4, 0.5) is 0 Å². The molecule has 106 valence electrons. The molecule has 0 amide bonds.